The fourth-order valence-electron chi connectivity index (χ4n) is 4.30. The minimum Gasteiger partial charge on any atom is -0.493 e. The van der Waals surface area contributed by atoms with Crippen LogP contribution in [-0.4, -0.2) is 87.7 Å². The summed E-state index contributed by atoms with van der Waals surface area (Å²) in [7, 11) is 4.41. The number of nitrogens with one attached hydrogen (secondary N) is 1. The molecule has 0 bridgehead atoms. The van der Waals surface area contributed by atoms with Crippen LogP contribution in [0.25, 0.3) is 11.3 Å². The first-order valence-corrected chi connectivity index (χ1v) is 15.9. The van der Waals surface area contributed by atoms with Crippen LogP contribution in [-0.2, 0) is 19.2 Å². The van der Waals surface area contributed by atoms with Crippen molar-refractivity contribution in [3.8, 4) is 22.8 Å². The standard InChI is InChI=1S/C25H24N6O7S4/c1-36-15-5-4-11(6-16(15)37-2)13-9-42-25(28-13)41-8-12-7-39-22-18(21(33)31(22)19(12)23(34)35)29-20(32)17(30-38-3)14-10-40-24(26)27-14/h4-6,9-10,18,22H,7-8H2,1-3H3,(H2,26,27)(H,29,32)(H,34,35)/t18-,22+/m1/s1. The highest BCUT2D eigenvalue weighted by molar-refractivity contribution is 8.01. The van der Waals surface area contributed by atoms with Gasteiger partial charge in [0.15, 0.2) is 26.7 Å². The van der Waals surface area contributed by atoms with Gasteiger partial charge in [0.1, 0.15) is 29.9 Å². The first-order valence-electron chi connectivity index (χ1n) is 12.1. The zero-order valence-electron chi connectivity index (χ0n) is 22.4. The Morgan fingerprint density at radius 2 is 1.98 bits per heavy atom. The van der Waals surface area contributed by atoms with Crippen molar-refractivity contribution in [3.05, 3.63) is 45.9 Å². The zero-order chi connectivity index (χ0) is 30.0. The first-order chi connectivity index (χ1) is 20.2. The van der Waals surface area contributed by atoms with Gasteiger partial charge in [0.25, 0.3) is 11.8 Å². The molecule has 2 amide bonds. The van der Waals surface area contributed by atoms with Crippen LogP contribution >= 0.6 is 46.2 Å². The van der Waals surface area contributed by atoms with E-state index >= 15 is 0 Å². The van der Waals surface area contributed by atoms with Gasteiger partial charge in [0.2, 0.25) is 0 Å². The van der Waals surface area contributed by atoms with Crippen molar-refractivity contribution < 1.29 is 33.8 Å². The Bertz CT molecular complexity index is 1600. The molecule has 17 heteroatoms. The lowest BCUT2D eigenvalue weighted by atomic mass is 10.0. The van der Waals surface area contributed by atoms with Gasteiger partial charge in [-0.25, -0.2) is 14.8 Å². The minimum absolute atomic E-state index is 0.0727. The number of ether oxygens (including phenoxy) is 2. The van der Waals surface area contributed by atoms with E-state index in [1.165, 1.54) is 46.9 Å². The molecule has 4 N–H and O–H groups in total. The maximum Gasteiger partial charge on any atom is 0.352 e. The molecule has 220 valence electrons. The van der Waals surface area contributed by atoms with E-state index in [1.807, 2.05) is 17.5 Å². The summed E-state index contributed by atoms with van der Waals surface area (Å²) in [6, 6.07) is 4.59. The number of hydrogen-bond donors (Lipinski definition) is 3. The summed E-state index contributed by atoms with van der Waals surface area (Å²) in [6.07, 6.45) is 0. The number of thioether (sulfide) groups is 2. The van der Waals surface area contributed by atoms with Crippen LogP contribution in [0.1, 0.15) is 5.69 Å². The van der Waals surface area contributed by atoms with Gasteiger partial charge < -0.3 is 30.5 Å². The number of amides is 2. The summed E-state index contributed by atoms with van der Waals surface area (Å²) >= 11 is 5.33. The predicted octanol–water partition coefficient (Wildman–Crippen LogP) is 2.75. The summed E-state index contributed by atoms with van der Waals surface area (Å²) in [6.45, 7) is 0. The molecule has 0 radical (unpaired) electrons. The Hall–Kier alpha value is -3.80. The number of nitrogen functional groups attached to an aromatic ring is 1. The number of thiazole rings is 2. The van der Waals surface area contributed by atoms with Crippen molar-refractivity contribution >= 4 is 74.8 Å². The minimum atomic E-state index is -1.21. The maximum atomic E-state index is 13.1. The van der Waals surface area contributed by atoms with E-state index in [0.717, 1.165) is 26.9 Å². The van der Waals surface area contributed by atoms with Gasteiger partial charge in [0.05, 0.1) is 19.9 Å². The zero-order valence-corrected chi connectivity index (χ0v) is 25.6. The second-order valence-electron chi connectivity index (χ2n) is 8.67. The first kappa shape index (κ1) is 29.7. The highest BCUT2D eigenvalue weighted by atomic mass is 32.2. The molecule has 3 aromatic rings. The molecule has 2 aromatic heterocycles. The number of β-lactam (4-membered cyclic amide) rings is 1. The highest BCUT2D eigenvalue weighted by Crippen LogP contribution is 2.42. The monoisotopic (exact) mass is 648 g/mol. The lowest BCUT2D eigenvalue weighted by Crippen LogP contribution is -2.71. The largest absolute Gasteiger partial charge is 0.493 e. The van der Waals surface area contributed by atoms with E-state index in [0.29, 0.717) is 28.6 Å². The number of carboxylic acids is 1. The van der Waals surface area contributed by atoms with Crippen LogP contribution in [0, 0.1) is 0 Å². The van der Waals surface area contributed by atoms with Crippen molar-refractivity contribution in [2.45, 2.75) is 15.8 Å². The van der Waals surface area contributed by atoms with Crippen molar-refractivity contribution in [2.24, 2.45) is 5.16 Å². The topological polar surface area (TPSA) is 179 Å². The number of carbonyl (C=O) groups is 3. The average molecular weight is 649 g/mol. The number of oxime groups is 1. The lowest BCUT2D eigenvalue weighted by molar-refractivity contribution is -0.150. The molecule has 1 aromatic carbocycles. The fraction of sp³-hybridized carbons (Fsp3) is 0.280. The SMILES string of the molecule is CON=C(C(=O)N[C@@H]1C(=O)N2C(C(=O)O)=C(CSc3nc(-c4ccc(OC)c(OC)c4)cs3)CS[C@@H]12)c1csc(N)n1. The number of aliphatic carboxylic acids is 1. The predicted molar refractivity (Wildman–Crippen MR) is 161 cm³/mol. The van der Waals surface area contributed by atoms with Crippen molar-refractivity contribution in [1.29, 1.82) is 0 Å². The van der Waals surface area contributed by atoms with Crippen LogP contribution in [0.15, 0.2) is 49.7 Å². The van der Waals surface area contributed by atoms with E-state index in [-0.39, 0.29) is 22.2 Å². The number of nitrogens with two attached hydrogens (primary N) is 1. The molecule has 2 aliphatic rings. The molecule has 0 unspecified atom stereocenters. The van der Waals surface area contributed by atoms with Crippen molar-refractivity contribution in [3.63, 3.8) is 0 Å². The van der Waals surface area contributed by atoms with Gasteiger partial charge in [-0.3, -0.25) is 14.5 Å². The number of nitrogens with zero attached hydrogens (tertiary/aromatic N) is 4. The Balaban J connectivity index is 1.27. The molecule has 1 fully saturated rings. The second kappa shape index (κ2) is 12.6. The molecular weight excluding hydrogens is 625 g/mol. The quantitative estimate of drug-likeness (QED) is 0.120. The van der Waals surface area contributed by atoms with E-state index in [4.69, 9.17) is 20.0 Å². The molecule has 2 atom stereocenters. The summed E-state index contributed by atoms with van der Waals surface area (Å²) in [5.74, 6) is -0.522. The van der Waals surface area contributed by atoms with E-state index in [9.17, 15) is 19.5 Å². The van der Waals surface area contributed by atoms with Crippen LogP contribution < -0.4 is 20.5 Å². The van der Waals surface area contributed by atoms with Gasteiger partial charge in [-0.05, 0) is 23.8 Å². The van der Waals surface area contributed by atoms with E-state index < -0.39 is 29.2 Å². The molecule has 4 heterocycles. The Morgan fingerprint density at radius 1 is 1.19 bits per heavy atom. The Kier molecular flexibility index (Phi) is 8.91. The third kappa shape index (κ3) is 5.77. The van der Waals surface area contributed by atoms with Gasteiger partial charge >= 0.3 is 5.97 Å². The van der Waals surface area contributed by atoms with E-state index in [2.05, 4.69) is 20.4 Å². The smallest absolute Gasteiger partial charge is 0.352 e. The van der Waals surface area contributed by atoms with Crippen LogP contribution in [0.4, 0.5) is 5.13 Å². The number of methoxy groups -OCH3 is 2. The molecule has 5 rings (SSSR count). The molecule has 42 heavy (non-hydrogen) atoms. The number of hydrogen-bond acceptors (Lipinski definition) is 14. The number of anilines is 1. The molecule has 0 saturated carbocycles. The average Bonchev–Trinajstić information content (AvgIpc) is 3.65. The Labute approximate surface area is 256 Å². The number of fused-ring (bicyclic) bond motifs is 1. The maximum absolute atomic E-state index is 13.1. The second-order valence-corrected chi connectivity index (χ2v) is 12.7. The highest BCUT2D eigenvalue weighted by Gasteiger charge is 2.54. The van der Waals surface area contributed by atoms with Crippen molar-refractivity contribution in [1.82, 2.24) is 20.2 Å². The number of carbonyl (C=O) groups excluding carboxylic acids is 2. The fourth-order valence-corrected chi connectivity index (χ4v) is 8.16. The van der Waals surface area contributed by atoms with Crippen LogP contribution in [0.2, 0.25) is 0 Å². The summed E-state index contributed by atoms with van der Waals surface area (Å²) in [5, 5.41) is 19.5. The Morgan fingerprint density at radius 3 is 2.64 bits per heavy atom. The summed E-state index contributed by atoms with van der Waals surface area (Å²) in [5.41, 5.74) is 7.86. The number of carboxylic acid groups (broad SMARTS) is 1. The third-order valence-corrected chi connectivity index (χ3v) is 10.4. The third-order valence-electron chi connectivity index (χ3n) is 6.23. The normalized spacial score (nSPS) is 18.3. The van der Waals surface area contributed by atoms with Gasteiger partial charge in [-0.1, -0.05) is 16.9 Å². The molecule has 2 aliphatic heterocycles. The number of aromatic nitrogens is 2. The lowest BCUT2D eigenvalue weighted by Gasteiger charge is -2.49. The summed E-state index contributed by atoms with van der Waals surface area (Å²) < 4.78 is 11.4. The molecule has 1 saturated heterocycles. The van der Waals surface area contributed by atoms with Crippen molar-refractivity contribution in [2.75, 3.05) is 38.6 Å². The van der Waals surface area contributed by atoms with Gasteiger partial charge in [-0.2, -0.15) is 0 Å². The number of rotatable bonds is 11. The van der Waals surface area contributed by atoms with Gasteiger partial charge in [-0.15, -0.1) is 34.4 Å². The molecular formula is C25H24N6O7S4. The molecule has 0 spiro atoms. The van der Waals surface area contributed by atoms with Crippen LogP contribution in [0.3, 0.4) is 0 Å². The van der Waals surface area contributed by atoms with E-state index in [1.54, 1.807) is 25.7 Å². The van der Waals surface area contributed by atoms with Gasteiger partial charge in [0, 0.05) is 27.8 Å². The molecule has 0 aliphatic carbocycles. The number of benzene rings is 1. The summed E-state index contributed by atoms with van der Waals surface area (Å²) in [4.78, 5) is 53.1. The molecule has 13 nitrogen and oxygen atoms in total. The van der Waals surface area contributed by atoms with Crippen LogP contribution in [0.5, 0.6) is 11.5 Å².